The standard InChI is InChI=1S/C26H30N2O2/c1-18-16-21-8-3-4-10-24(21)26(19(2)29,27-14-5-6-15-27)28(18)22-12-13-23-20(17-22)9-7-11-25(23)30/h3-4,8,10,12-13,17-18H,5-7,9,11,14-16H2,1-2H3. The lowest BCUT2D eigenvalue weighted by atomic mass is 9.79. The molecule has 30 heavy (non-hydrogen) atoms. The van der Waals surface area contributed by atoms with Gasteiger partial charge in [-0.1, -0.05) is 24.3 Å². The van der Waals surface area contributed by atoms with E-state index in [1.54, 1.807) is 6.92 Å². The summed E-state index contributed by atoms with van der Waals surface area (Å²) in [6.45, 7) is 5.84. The van der Waals surface area contributed by atoms with Gasteiger partial charge in [-0.3, -0.25) is 14.5 Å². The number of hydrogen-bond donors (Lipinski definition) is 0. The summed E-state index contributed by atoms with van der Waals surface area (Å²) in [6, 6.07) is 14.9. The van der Waals surface area contributed by atoms with Gasteiger partial charge in [-0.2, -0.15) is 0 Å². The van der Waals surface area contributed by atoms with Crippen LogP contribution in [0.3, 0.4) is 0 Å². The van der Waals surface area contributed by atoms with Crippen LogP contribution in [0.2, 0.25) is 0 Å². The molecule has 1 aliphatic carbocycles. The zero-order valence-electron chi connectivity index (χ0n) is 18.0. The fourth-order valence-electron chi connectivity index (χ4n) is 6.07. The van der Waals surface area contributed by atoms with Crippen LogP contribution < -0.4 is 4.90 Å². The summed E-state index contributed by atoms with van der Waals surface area (Å²) in [5, 5.41) is 0. The third kappa shape index (κ3) is 2.77. The van der Waals surface area contributed by atoms with E-state index in [0.29, 0.717) is 6.42 Å². The van der Waals surface area contributed by atoms with E-state index in [0.717, 1.165) is 67.6 Å². The van der Waals surface area contributed by atoms with Crippen LogP contribution in [0.15, 0.2) is 42.5 Å². The first-order valence-electron chi connectivity index (χ1n) is 11.3. The van der Waals surface area contributed by atoms with Crippen molar-refractivity contribution in [1.82, 2.24) is 4.90 Å². The van der Waals surface area contributed by atoms with Gasteiger partial charge in [-0.25, -0.2) is 0 Å². The molecule has 3 aliphatic rings. The van der Waals surface area contributed by atoms with Gasteiger partial charge in [0.15, 0.2) is 17.2 Å². The number of anilines is 1. The Morgan fingerprint density at radius 1 is 1.00 bits per heavy atom. The average molecular weight is 403 g/mol. The van der Waals surface area contributed by atoms with E-state index in [4.69, 9.17) is 0 Å². The Bertz CT molecular complexity index is 1010. The molecule has 156 valence electrons. The van der Waals surface area contributed by atoms with E-state index in [1.807, 2.05) is 6.07 Å². The van der Waals surface area contributed by atoms with E-state index in [1.165, 1.54) is 5.56 Å². The van der Waals surface area contributed by atoms with Crippen molar-refractivity contribution in [1.29, 1.82) is 0 Å². The first-order valence-corrected chi connectivity index (χ1v) is 11.3. The van der Waals surface area contributed by atoms with Gasteiger partial charge in [0.2, 0.25) is 0 Å². The number of carbonyl (C=O) groups is 2. The van der Waals surface area contributed by atoms with Crippen molar-refractivity contribution in [2.75, 3.05) is 18.0 Å². The minimum absolute atomic E-state index is 0.178. The molecule has 4 heteroatoms. The molecule has 1 saturated heterocycles. The Morgan fingerprint density at radius 2 is 1.77 bits per heavy atom. The topological polar surface area (TPSA) is 40.6 Å². The minimum Gasteiger partial charge on any atom is -0.340 e. The van der Waals surface area contributed by atoms with Crippen molar-refractivity contribution in [3.63, 3.8) is 0 Å². The average Bonchev–Trinajstić information content (AvgIpc) is 3.27. The quantitative estimate of drug-likeness (QED) is 0.758. The molecule has 0 amide bonds. The van der Waals surface area contributed by atoms with E-state index in [2.05, 4.69) is 53.1 Å². The number of hydrogen-bond acceptors (Lipinski definition) is 4. The summed E-state index contributed by atoms with van der Waals surface area (Å²) in [6.07, 6.45) is 5.65. The smallest absolute Gasteiger partial charge is 0.180 e. The lowest BCUT2D eigenvalue weighted by molar-refractivity contribution is -0.130. The van der Waals surface area contributed by atoms with Crippen molar-refractivity contribution >= 4 is 17.3 Å². The molecule has 0 bridgehead atoms. The molecule has 0 saturated carbocycles. The van der Waals surface area contributed by atoms with Gasteiger partial charge in [-0.15, -0.1) is 0 Å². The second-order valence-corrected chi connectivity index (χ2v) is 9.12. The number of likely N-dealkylation sites (tertiary alicyclic amines) is 1. The van der Waals surface area contributed by atoms with E-state index in [9.17, 15) is 9.59 Å². The normalized spacial score (nSPS) is 26.4. The number of ketones is 2. The molecule has 0 radical (unpaired) electrons. The van der Waals surface area contributed by atoms with E-state index >= 15 is 0 Å². The largest absolute Gasteiger partial charge is 0.340 e. The number of fused-ring (bicyclic) bond motifs is 2. The third-order valence-electron chi connectivity index (χ3n) is 7.27. The summed E-state index contributed by atoms with van der Waals surface area (Å²) in [7, 11) is 0. The molecule has 2 aromatic carbocycles. The van der Waals surface area contributed by atoms with Gasteiger partial charge < -0.3 is 4.90 Å². The summed E-state index contributed by atoms with van der Waals surface area (Å²) < 4.78 is 0. The first kappa shape index (κ1) is 19.5. The van der Waals surface area contributed by atoms with Crippen LogP contribution in [-0.4, -0.2) is 35.6 Å². The van der Waals surface area contributed by atoms with Crippen LogP contribution in [0.5, 0.6) is 0 Å². The van der Waals surface area contributed by atoms with Gasteiger partial charge in [0.05, 0.1) is 0 Å². The third-order valence-corrected chi connectivity index (χ3v) is 7.27. The summed E-state index contributed by atoms with van der Waals surface area (Å²) in [4.78, 5) is 30.7. The fraction of sp³-hybridized carbons (Fsp3) is 0.462. The van der Waals surface area contributed by atoms with Crippen LogP contribution in [0.25, 0.3) is 0 Å². The van der Waals surface area contributed by atoms with E-state index < -0.39 is 5.66 Å². The highest BCUT2D eigenvalue weighted by Crippen LogP contribution is 2.46. The van der Waals surface area contributed by atoms with Crippen LogP contribution in [0, 0.1) is 0 Å². The van der Waals surface area contributed by atoms with Crippen molar-refractivity contribution in [2.24, 2.45) is 0 Å². The maximum Gasteiger partial charge on any atom is 0.180 e. The Hall–Kier alpha value is -2.46. The van der Waals surface area contributed by atoms with Crippen molar-refractivity contribution in [3.05, 3.63) is 64.7 Å². The number of nitrogens with zero attached hydrogens (tertiary/aromatic N) is 2. The summed E-state index contributed by atoms with van der Waals surface area (Å²) >= 11 is 0. The Labute approximate surface area is 178 Å². The summed E-state index contributed by atoms with van der Waals surface area (Å²) in [5.41, 5.74) is 4.69. The SMILES string of the molecule is CC(=O)C1(N2CCCC2)c2ccccc2CC(C)N1c1ccc2c(c1)CCCC2=O. The first-order chi connectivity index (χ1) is 14.5. The molecule has 2 unspecified atom stereocenters. The zero-order valence-corrected chi connectivity index (χ0v) is 18.0. The van der Waals surface area contributed by atoms with Gasteiger partial charge >= 0.3 is 0 Å². The fourth-order valence-corrected chi connectivity index (χ4v) is 6.07. The molecule has 2 aliphatic heterocycles. The highest BCUT2D eigenvalue weighted by Gasteiger charge is 2.54. The van der Waals surface area contributed by atoms with Crippen molar-refractivity contribution in [3.8, 4) is 0 Å². The maximum absolute atomic E-state index is 13.6. The molecular weight excluding hydrogens is 372 g/mol. The van der Waals surface area contributed by atoms with Crippen molar-refractivity contribution < 1.29 is 9.59 Å². The molecule has 0 aromatic heterocycles. The molecule has 4 nitrogen and oxygen atoms in total. The van der Waals surface area contributed by atoms with Crippen LogP contribution in [-0.2, 0) is 23.3 Å². The lowest BCUT2D eigenvalue weighted by Crippen LogP contribution is -2.67. The molecule has 2 aromatic rings. The molecular formula is C26H30N2O2. The molecule has 0 N–H and O–H groups in total. The maximum atomic E-state index is 13.6. The highest BCUT2D eigenvalue weighted by molar-refractivity contribution is 5.99. The highest BCUT2D eigenvalue weighted by atomic mass is 16.1. The predicted molar refractivity (Wildman–Crippen MR) is 119 cm³/mol. The second kappa shape index (κ2) is 7.35. The molecule has 2 heterocycles. The Balaban J connectivity index is 1.73. The van der Waals surface area contributed by atoms with Gasteiger partial charge in [0, 0.05) is 42.4 Å². The number of Topliss-reactive ketones (excluding diaryl/α,β-unsaturated/α-hetero) is 2. The predicted octanol–water partition coefficient (Wildman–Crippen LogP) is 4.49. The van der Waals surface area contributed by atoms with Crippen LogP contribution in [0.1, 0.15) is 66.6 Å². The molecule has 1 fully saturated rings. The minimum atomic E-state index is -0.780. The van der Waals surface area contributed by atoms with Crippen LogP contribution in [0.4, 0.5) is 5.69 Å². The number of benzene rings is 2. The molecule has 2 atom stereocenters. The van der Waals surface area contributed by atoms with Gasteiger partial charge in [-0.05, 0) is 75.3 Å². The molecule has 5 rings (SSSR count). The Kier molecular flexibility index (Phi) is 4.78. The van der Waals surface area contributed by atoms with Crippen molar-refractivity contribution in [2.45, 2.75) is 64.1 Å². The lowest BCUT2D eigenvalue weighted by Gasteiger charge is -2.55. The number of rotatable bonds is 3. The monoisotopic (exact) mass is 402 g/mol. The molecule has 0 spiro atoms. The Morgan fingerprint density at radius 3 is 2.53 bits per heavy atom. The number of aryl methyl sites for hydroxylation is 1. The number of carbonyl (C=O) groups excluding carboxylic acids is 2. The summed E-state index contributed by atoms with van der Waals surface area (Å²) in [5.74, 6) is 0.425. The van der Waals surface area contributed by atoms with Gasteiger partial charge in [0.25, 0.3) is 0 Å². The zero-order chi connectivity index (χ0) is 20.9. The van der Waals surface area contributed by atoms with E-state index in [-0.39, 0.29) is 17.6 Å². The second-order valence-electron chi connectivity index (χ2n) is 9.12. The van der Waals surface area contributed by atoms with Gasteiger partial charge in [0.1, 0.15) is 0 Å². The van der Waals surface area contributed by atoms with Crippen LogP contribution >= 0.6 is 0 Å².